The Hall–Kier alpha value is -2.38. The fraction of sp³-hybridized carbons (Fsp3) is 0.409. The molecule has 1 saturated carbocycles. The molecule has 0 bridgehead atoms. The molecule has 2 aromatic carbocycles. The largest absolute Gasteiger partial charge is 0.430 e. The fourth-order valence-electron chi connectivity index (χ4n) is 3.76. The van der Waals surface area contributed by atoms with Crippen LogP contribution in [0.25, 0.3) is 0 Å². The number of halogens is 3. The molecule has 7 heteroatoms. The minimum absolute atomic E-state index is 0.257. The number of hydrogen-bond acceptors (Lipinski definition) is 3. The van der Waals surface area contributed by atoms with Crippen LogP contribution < -0.4 is 5.32 Å². The van der Waals surface area contributed by atoms with E-state index < -0.39 is 23.7 Å². The molecular formula is C22H24F3NO3. The number of amides is 1. The Labute approximate surface area is 168 Å². The van der Waals surface area contributed by atoms with Gasteiger partial charge in [0.25, 0.3) is 11.5 Å². The molecule has 0 aliphatic heterocycles. The van der Waals surface area contributed by atoms with Crippen LogP contribution in [0.15, 0.2) is 60.7 Å². The normalized spacial score (nSPS) is 21.5. The molecule has 3 atom stereocenters. The molecule has 3 rings (SSSR count). The van der Waals surface area contributed by atoms with Gasteiger partial charge in [-0.15, -0.1) is 0 Å². The van der Waals surface area contributed by atoms with Crippen molar-refractivity contribution in [1.82, 2.24) is 5.32 Å². The van der Waals surface area contributed by atoms with E-state index in [1.807, 2.05) is 30.3 Å². The summed E-state index contributed by atoms with van der Waals surface area (Å²) in [7, 11) is 0.901. The summed E-state index contributed by atoms with van der Waals surface area (Å²) in [5.74, 6) is -1.22. The van der Waals surface area contributed by atoms with Crippen molar-refractivity contribution < 1.29 is 27.4 Å². The topological polar surface area (TPSA) is 47.6 Å². The second-order valence-corrected chi connectivity index (χ2v) is 7.10. The van der Waals surface area contributed by atoms with Crippen molar-refractivity contribution in [3.63, 3.8) is 0 Å². The molecule has 0 unspecified atom stereocenters. The molecule has 1 N–H and O–H groups in total. The monoisotopic (exact) mass is 407 g/mol. The van der Waals surface area contributed by atoms with E-state index in [1.54, 1.807) is 6.07 Å². The van der Waals surface area contributed by atoms with Gasteiger partial charge in [0, 0.05) is 12.7 Å². The highest BCUT2D eigenvalue weighted by molar-refractivity contribution is 5.88. The molecule has 4 nitrogen and oxygen atoms in total. The zero-order valence-electron chi connectivity index (χ0n) is 16.1. The summed E-state index contributed by atoms with van der Waals surface area (Å²) in [5, 5.41) is 2.55. The van der Waals surface area contributed by atoms with Crippen LogP contribution >= 0.6 is 0 Å². The molecule has 1 fully saturated rings. The third kappa shape index (κ3) is 4.46. The van der Waals surface area contributed by atoms with E-state index in [4.69, 9.17) is 9.47 Å². The van der Waals surface area contributed by atoms with E-state index in [2.05, 4.69) is 5.32 Å². The number of benzene rings is 2. The Balaban J connectivity index is 1.76. The molecule has 0 radical (unpaired) electrons. The maximum absolute atomic E-state index is 14.0. The lowest BCUT2D eigenvalue weighted by atomic mass is 9.91. The number of rotatable bonds is 7. The quantitative estimate of drug-likeness (QED) is 0.743. The number of carbonyl (C=O) groups is 1. The summed E-state index contributed by atoms with van der Waals surface area (Å²) in [5.41, 5.74) is -2.36. The van der Waals surface area contributed by atoms with Gasteiger partial charge in [-0.3, -0.25) is 4.79 Å². The lowest BCUT2D eigenvalue weighted by Gasteiger charge is -2.35. The number of alkyl halides is 3. The van der Waals surface area contributed by atoms with Gasteiger partial charge in [-0.05, 0) is 24.8 Å². The van der Waals surface area contributed by atoms with Crippen LogP contribution in [-0.2, 0) is 26.5 Å². The predicted octanol–water partition coefficient (Wildman–Crippen LogP) is 4.34. The van der Waals surface area contributed by atoms with Crippen LogP contribution in [0.3, 0.4) is 0 Å². The van der Waals surface area contributed by atoms with Crippen LogP contribution in [0.5, 0.6) is 0 Å². The maximum Gasteiger partial charge on any atom is 0.430 e. The second-order valence-electron chi connectivity index (χ2n) is 7.10. The molecule has 0 saturated heterocycles. The number of nitrogens with one attached hydrogen (secondary N) is 1. The highest BCUT2D eigenvalue weighted by Gasteiger charge is 2.63. The van der Waals surface area contributed by atoms with E-state index in [-0.39, 0.29) is 11.7 Å². The van der Waals surface area contributed by atoms with Gasteiger partial charge in [0.05, 0.1) is 18.8 Å². The minimum atomic E-state index is -4.92. The lowest BCUT2D eigenvalue weighted by Crippen LogP contribution is -2.58. The Morgan fingerprint density at radius 1 is 1.03 bits per heavy atom. The molecule has 0 spiro atoms. The van der Waals surface area contributed by atoms with E-state index >= 15 is 0 Å². The molecule has 0 heterocycles. The summed E-state index contributed by atoms with van der Waals surface area (Å²) in [4.78, 5) is 12.9. The van der Waals surface area contributed by atoms with Crippen molar-refractivity contribution in [2.45, 2.75) is 49.8 Å². The Bertz CT molecular complexity index is 798. The highest BCUT2D eigenvalue weighted by atomic mass is 19.4. The van der Waals surface area contributed by atoms with E-state index in [1.165, 1.54) is 24.3 Å². The zero-order chi connectivity index (χ0) is 20.9. The Morgan fingerprint density at radius 2 is 1.66 bits per heavy atom. The SMILES string of the molecule is CO[C@@](C(=O)N[C@H]1CCC[C@H]1OCc1ccccc1)(c1ccccc1)C(F)(F)F. The van der Waals surface area contributed by atoms with Crippen molar-refractivity contribution in [3.8, 4) is 0 Å². The highest BCUT2D eigenvalue weighted by Crippen LogP contribution is 2.42. The summed E-state index contributed by atoms with van der Waals surface area (Å²) < 4.78 is 52.9. The van der Waals surface area contributed by atoms with Crippen molar-refractivity contribution in [3.05, 3.63) is 71.8 Å². The zero-order valence-corrected chi connectivity index (χ0v) is 16.1. The predicted molar refractivity (Wildman–Crippen MR) is 102 cm³/mol. The molecular weight excluding hydrogens is 383 g/mol. The van der Waals surface area contributed by atoms with E-state index in [9.17, 15) is 18.0 Å². The molecule has 156 valence electrons. The molecule has 0 aromatic heterocycles. The first-order valence-electron chi connectivity index (χ1n) is 9.52. The standard InChI is InChI=1S/C22H24F3NO3/c1-28-21(22(23,24)25,17-11-6-3-7-12-17)20(27)26-18-13-8-14-19(18)29-15-16-9-4-2-5-10-16/h2-7,9-12,18-19H,8,13-15H2,1H3,(H,26,27)/t18-,19+,21+/m0/s1. The van der Waals surface area contributed by atoms with E-state index in [0.29, 0.717) is 19.4 Å². The lowest BCUT2D eigenvalue weighted by molar-refractivity contribution is -0.266. The summed E-state index contributed by atoms with van der Waals surface area (Å²) in [6, 6.07) is 16.0. The summed E-state index contributed by atoms with van der Waals surface area (Å²) in [6.45, 7) is 0.339. The first kappa shape index (κ1) is 21.3. The van der Waals surface area contributed by atoms with Gasteiger partial charge >= 0.3 is 6.18 Å². The van der Waals surface area contributed by atoms with Crippen LogP contribution in [0.1, 0.15) is 30.4 Å². The van der Waals surface area contributed by atoms with Gasteiger partial charge in [-0.1, -0.05) is 60.7 Å². The first-order chi connectivity index (χ1) is 13.9. The van der Waals surface area contributed by atoms with Gasteiger partial charge in [-0.2, -0.15) is 13.2 Å². The van der Waals surface area contributed by atoms with Gasteiger partial charge < -0.3 is 14.8 Å². The number of carbonyl (C=O) groups excluding carboxylic acids is 1. The Kier molecular flexibility index (Phi) is 6.59. The number of ether oxygens (including phenoxy) is 2. The van der Waals surface area contributed by atoms with Gasteiger partial charge in [0.2, 0.25) is 0 Å². The third-order valence-corrected chi connectivity index (χ3v) is 5.28. The van der Waals surface area contributed by atoms with Crippen LogP contribution in [0, 0.1) is 0 Å². The average molecular weight is 407 g/mol. The van der Waals surface area contributed by atoms with Crippen LogP contribution in [0.4, 0.5) is 13.2 Å². The van der Waals surface area contributed by atoms with Crippen molar-refractivity contribution in [2.24, 2.45) is 0 Å². The summed E-state index contributed by atoms with van der Waals surface area (Å²) >= 11 is 0. The molecule has 29 heavy (non-hydrogen) atoms. The molecule has 2 aromatic rings. The number of hydrogen-bond donors (Lipinski definition) is 1. The minimum Gasteiger partial charge on any atom is -0.371 e. The van der Waals surface area contributed by atoms with Crippen molar-refractivity contribution in [2.75, 3.05) is 7.11 Å². The first-order valence-corrected chi connectivity index (χ1v) is 9.52. The van der Waals surface area contributed by atoms with Crippen molar-refractivity contribution >= 4 is 5.91 Å². The Morgan fingerprint density at radius 3 is 2.24 bits per heavy atom. The second kappa shape index (κ2) is 8.97. The van der Waals surface area contributed by atoms with Crippen LogP contribution in [-0.4, -0.2) is 31.3 Å². The van der Waals surface area contributed by atoms with Gasteiger partial charge in [-0.25, -0.2) is 0 Å². The van der Waals surface area contributed by atoms with Gasteiger partial charge in [0.15, 0.2) is 0 Å². The molecule has 1 amide bonds. The van der Waals surface area contributed by atoms with Crippen molar-refractivity contribution in [1.29, 1.82) is 0 Å². The average Bonchev–Trinajstić information content (AvgIpc) is 3.15. The molecule has 1 aliphatic carbocycles. The maximum atomic E-state index is 14.0. The molecule has 1 aliphatic rings. The van der Waals surface area contributed by atoms with E-state index in [0.717, 1.165) is 19.1 Å². The third-order valence-electron chi connectivity index (χ3n) is 5.28. The van der Waals surface area contributed by atoms with Crippen LogP contribution in [0.2, 0.25) is 0 Å². The van der Waals surface area contributed by atoms with Gasteiger partial charge in [0.1, 0.15) is 0 Å². The smallest absolute Gasteiger partial charge is 0.371 e. The number of methoxy groups -OCH3 is 1. The summed E-state index contributed by atoms with van der Waals surface area (Å²) in [6.07, 6.45) is -3.28. The fourth-order valence-corrected chi connectivity index (χ4v) is 3.76.